The van der Waals surface area contributed by atoms with Gasteiger partial charge in [-0.2, -0.15) is 0 Å². The smallest absolute Gasteiger partial charge is 0.137 e. The Labute approximate surface area is 118 Å². The molecule has 18 heavy (non-hydrogen) atoms. The summed E-state index contributed by atoms with van der Waals surface area (Å²) in [5.74, 6) is 1.33. The second-order valence-corrected chi connectivity index (χ2v) is 5.98. The monoisotopic (exact) mass is 311 g/mol. The zero-order valence-corrected chi connectivity index (χ0v) is 13.1. The summed E-state index contributed by atoms with van der Waals surface area (Å²) in [7, 11) is 1.75. The molecule has 0 radical (unpaired) electrons. The van der Waals surface area contributed by atoms with Crippen molar-refractivity contribution in [1.29, 1.82) is 0 Å². The van der Waals surface area contributed by atoms with E-state index in [1.54, 1.807) is 7.11 Å². The summed E-state index contributed by atoms with van der Waals surface area (Å²) in [5, 5.41) is 0. The second kappa shape index (κ2) is 5.62. The maximum Gasteiger partial charge on any atom is 0.137 e. The van der Waals surface area contributed by atoms with Gasteiger partial charge in [-0.05, 0) is 77.7 Å². The van der Waals surface area contributed by atoms with Gasteiger partial charge >= 0.3 is 0 Å². The lowest BCUT2D eigenvalue weighted by Gasteiger charge is -2.27. The van der Waals surface area contributed by atoms with Gasteiger partial charge in [0.05, 0.1) is 11.6 Å². The molecule has 2 rings (SSSR count). The van der Waals surface area contributed by atoms with Gasteiger partial charge in [-0.3, -0.25) is 0 Å². The zero-order valence-electron chi connectivity index (χ0n) is 11.5. The molecule has 1 unspecified atom stereocenters. The maximum atomic E-state index is 5.85. The van der Waals surface area contributed by atoms with Crippen molar-refractivity contribution in [2.45, 2.75) is 45.4 Å². The standard InChI is InChI=1S/C15H22BrNO/c1-9(8-17)13-10(2)11-6-4-5-7-12(11)14(16)15(13)18-3/h9H,4-8,17H2,1-3H3. The van der Waals surface area contributed by atoms with E-state index < -0.39 is 0 Å². The number of nitrogens with two attached hydrogens (primary N) is 1. The molecular weight excluding hydrogens is 290 g/mol. The highest BCUT2D eigenvalue weighted by atomic mass is 79.9. The van der Waals surface area contributed by atoms with E-state index in [0.717, 1.165) is 16.6 Å². The highest BCUT2D eigenvalue weighted by molar-refractivity contribution is 9.10. The van der Waals surface area contributed by atoms with Crippen LogP contribution in [0.3, 0.4) is 0 Å². The highest BCUT2D eigenvalue weighted by Crippen LogP contribution is 2.43. The molecule has 0 heterocycles. The fourth-order valence-electron chi connectivity index (χ4n) is 3.06. The fraction of sp³-hybridized carbons (Fsp3) is 0.600. The van der Waals surface area contributed by atoms with Crippen molar-refractivity contribution in [1.82, 2.24) is 0 Å². The number of benzene rings is 1. The van der Waals surface area contributed by atoms with Crippen molar-refractivity contribution in [2.75, 3.05) is 13.7 Å². The number of hydrogen-bond acceptors (Lipinski definition) is 2. The first-order valence-corrected chi connectivity index (χ1v) is 7.48. The van der Waals surface area contributed by atoms with Crippen LogP contribution >= 0.6 is 15.9 Å². The second-order valence-electron chi connectivity index (χ2n) is 5.19. The lowest BCUT2D eigenvalue weighted by atomic mass is 9.83. The van der Waals surface area contributed by atoms with E-state index in [1.165, 1.54) is 41.5 Å². The molecular formula is C15H22BrNO. The van der Waals surface area contributed by atoms with Crippen molar-refractivity contribution in [3.8, 4) is 5.75 Å². The van der Waals surface area contributed by atoms with Gasteiger partial charge in [0, 0.05) is 5.56 Å². The van der Waals surface area contributed by atoms with Gasteiger partial charge in [-0.1, -0.05) is 6.92 Å². The van der Waals surface area contributed by atoms with Gasteiger partial charge in [0.2, 0.25) is 0 Å². The molecule has 0 aliphatic heterocycles. The van der Waals surface area contributed by atoms with Crippen molar-refractivity contribution in [2.24, 2.45) is 5.73 Å². The summed E-state index contributed by atoms with van der Waals surface area (Å²) >= 11 is 3.74. The van der Waals surface area contributed by atoms with Crippen LogP contribution in [0, 0.1) is 6.92 Å². The molecule has 2 N–H and O–H groups in total. The van der Waals surface area contributed by atoms with Crippen LogP contribution in [0.15, 0.2) is 4.47 Å². The summed E-state index contributed by atoms with van der Waals surface area (Å²) in [6.45, 7) is 5.05. The normalized spacial score (nSPS) is 16.3. The van der Waals surface area contributed by atoms with Crippen LogP contribution in [-0.2, 0) is 12.8 Å². The van der Waals surface area contributed by atoms with Crippen molar-refractivity contribution >= 4 is 15.9 Å². The van der Waals surface area contributed by atoms with E-state index in [-0.39, 0.29) is 0 Å². The minimum absolute atomic E-state index is 0.337. The average molecular weight is 312 g/mol. The SMILES string of the molecule is COc1c(Br)c2c(c(C)c1C(C)CN)CCCC2. The predicted molar refractivity (Wildman–Crippen MR) is 79.5 cm³/mol. The Kier molecular flexibility index (Phi) is 4.33. The van der Waals surface area contributed by atoms with Crippen LogP contribution < -0.4 is 10.5 Å². The van der Waals surface area contributed by atoms with E-state index in [0.29, 0.717) is 12.5 Å². The van der Waals surface area contributed by atoms with Crippen molar-refractivity contribution in [3.63, 3.8) is 0 Å². The number of fused-ring (bicyclic) bond motifs is 1. The summed E-state index contributed by atoms with van der Waals surface area (Å²) in [5.41, 5.74) is 11.5. The molecule has 0 saturated carbocycles. The molecule has 0 amide bonds. The molecule has 0 aromatic heterocycles. The van der Waals surface area contributed by atoms with Crippen LogP contribution in [0.1, 0.15) is 47.9 Å². The zero-order chi connectivity index (χ0) is 13.3. The van der Waals surface area contributed by atoms with Gasteiger partial charge < -0.3 is 10.5 Å². The molecule has 1 aromatic carbocycles. The molecule has 1 aromatic rings. The third-order valence-corrected chi connectivity index (χ3v) is 4.92. The Bertz CT molecular complexity index is 457. The average Bonchev–Trinajstić information content (AvgIpc) is 2.41. The lowest BCUT2D eigenvalue weighted by Crippen LogP contribution is -2.16. The van der Waals surface area contributed by atoms with Gasteiger partial charge in [0.1, 0.15) is 5.75 Å². The van der Waals surface area contributed by atoms with E-state index >= 15 is 0 Å². The first kappa shape index (κ1) is 13.9. The Hall–Kier alpha value is -0.540. The number of hydrogen-bond donors (Lipinski definition) is 1. The number of ether oxygens (including phenoxy) is 1. The van der Waals surface area contributed by atoms with Gasteiger partial charge in [0.15, 0.2) is 0 Å². The molecule has 0 saturated heterocycles. The van der Waals surface area contributed by atoms with Crippen molar-refractivity contribution in [3.05, 3.63) is 26.7 Å². The molecule has 100 valence electrons. The Morgan fingerprint density at radius 1 is 1.28 bits per heavy atom. The van der Waals surface area contributed by atoms with Crippen LogP contribution in [0.25, 0.3) is 0 Å². The molecule has 0 fully saturated rings. The first-order valence-electron chi connectivity index (χ1n) is 6.69. The summed E-state index contributed by atoms with van der Waals surface area (Å²) < 4.78 is 6.80. The molecule has 3 heteroatoms. The molecule has 1 atom stereocenters. The molecule has 2 nitrogen and oxygen atoms in total. The topological polar surface area (TPSA) is 35.2 Å². The molecule has 1 aliphatic carbocycles. The third kappa shape index (κ3) is 2.19. The summed E-state index contributed by atoms with van der Waals surface area (Å²) in [4.78, 5) is 0. The van der Waals surface area contributed by atoms with E-state index in [4.69, 9.17) is 10.5 Å². The van der Waals surface area contributed by atoms with Crippen molar-refractivity contribution < 1.29 is 4.74 Å². The maximum absolute atomic E-state index is 5.85. The Morgan fingerprint density at radius 2 is 1.89 bits per heavy atom. The first-order chi connectivity index (χ1) is 8.61. The van der Waals surface area contributed by atoms with Crippen LogP contribution in [0.4, 0.5) is 0 Å². The van der Waals surface area contributed by atoms with E-state index in [2.05, 4.69) is 29.8 Å². The van der Waals surface area contributed by atoms with Gasteiger partial charge in [-0.15, -0.1) is 0 Å². The van der Waals surface area contributed by atoms with E-state index in [9.17, 15) is 0 Å². The van der Waals surface area contributed by atoms with Gasteiger partial charge in [0.25, 0.3) is 0 Å². The van der Waals surface area contributed by atoms with Crippen LogP contribution in [-0.4, -0.2) is 13.7 Å². The van der Waals surface area contributed by atoms with Gasteiger partial charge in [-0.25, -0.2) is 0 Å². The summed E-state index contributed by atoms with van der Waals surface area (Å²) in [6.07, 6.45) is 4.92. The summed E-state index contributed by atoms with van der Waals surface area (Å²) in [6, 6.07) is 0. The third-order valence-electron chi connectivity index (χ3n) is 4.08. The highest BCUT2D eigenvalue weighted by Gasteiger charge is 2.24. The Balaban J connectivity index is 2.68. The Morgan fingerprint density at radius 3 is 2.44 bits per heavy atom. The molecule has 0 spiro atoms. The molecule has 1 aliphatic rings. The predicted octanol–water partition coefficient (Wildman–Crippen LogP) is 3.71. The quantitative estimate of drug-likeness (QED) is 0.923. The fourth-order valence-corrected chi connectivity index (χ4v) is 3.87. The molecule has 0 bridgehead atoms. The minimum atomic E-state index is 0.337. The van der Waals surface area contributed by atoms with Crippen LogP contribution in [0.5, 0.6) is 5.75 Å². The number of rotatable bonds is 3. The number of halogens is 1. The van der Waals surface area contributed by atoms with E-state index in [1.807, 2.05) is 0 Å². The van der Waals surface area contributed by atoms with Crippen LogP contribution in [0.2, 0.25) is 0 Å². The lowest BCUT2D eigenvalue weighted by molar-refractivity contribution is 0.401. The number of methoxy groups -OCH3 is 1. The minimum Gasteiger partial charge on any atom is -0.495 e. The largest absolute Gasteiger partial charge is 0.495 e.